The van der Waals surface area contributed by atoms with Crippen molar-refractivity contribution in [1.82, 2.24) is 5.32 Å². The Morgan fingerprint density at radius 3 is 3.20 bits per heavy atom. The number of nitrogens with one attached hydrogen (secondary N) is 1. The van der Waals surface area contributed by atoms with E-state index in [0.29, 0.717) is 12.5 Å². The quantitative estimate of drug-likeness (QED) is 0.855. The molecule has 1 atom stereocenters. The minimum Gasteiger partial charge on any atom is -0.373 e. The Morgan fingerprint density at radius 2 is 2.35 bits per heavy atom. The van der Waals surface area contributed by atoms with Crippen LogP contribution in [0.5, 0.6) is 0 Å². The van der Waals surface area contributed by atoms with Gasteiger partial charge in [-0.3, -0.25) is 4.79 Å². The molecule has 1 amide bonds. The molecule has 3 heteroatoms. The van der Waals surface area contributed by atoms with Crippen molar-refractivity contribution < 1.29 is 9.53 Å². The van der Waals surface area contributed by atoms with E-state index in [1.165, 1.54) is 23.1 Å². The summed E-state index contributed by atoms with van der Waals surface area (Å²) in [5, 5.41) is 2.97. The first-order chi connectivity index (χ1) is 9.79. The molecule has 0 radical (unpaired) electrons. The van der Waals surface area contributed by atoms with Gasteiger partial charge in [-0.15, -0.1) is 0 Å². The lowest BCUT2D eigenvalue weighted by atomic mass is 9.82. The molecule has 0 fully saturated rings. The highest BCUT2D eigenvalue weighted by Gasteiger charge is 2.31. The molecule has 1 N–H and O–H groups in total. The summed E-state index contributed by atoms with van der Waals surface area (Å²) in [6, 6.07) is 0. The average Bonchev–Trinajstić information content (AvgIpc) is 2.91. The molecule has 0 aromatic carbocycles. The smallest absolute Gasteiger partial charge is 0.219 e. The molecule has 0 aromatic rings. The molecule has 2 aliphatic carbocycles. The minimum atomic E-state index is 0.138. The van der Waals surface area contributed by atoms with Crippen LogP contribution in [-0.4, -0.2) is 25.2 Å². The second-order valence-corrected chi connectivity index (χ2v) is 5.71. The van der Waals surface area contributed by atoms with Crippen LogP contribution >= 0.6 is 0 Å². The lowest BCUT2D eigenvalue weighted by Crippen LogP contribution is -2.27. The summed E-state index contributed by atoms with van der Waals surface area (Å²) in [4.78, 5) is 11.3. The summed E-state index contributed by atoms with van der Waals surface area (Å²) in [7, 11) is 0. The highest BCUT2D eigenvalue weighted by molar-refractivity contribution is 5.75. The van der Waals surface area contributed by atoms with Gasteiger partial charge in [0.25, 0.3) is 0 Å². The molecule has 0 aromatic heterocycles. The number of hydrogen-bond acceptors (Lipinski definition) is 2. The number of carbonyl (C=O) groups excluding carboxylic acids is 1. The maximum Gasteiger partial charge on any atom is 0.219 e. The molecule has 108 valence electrons. The van der Waals surface area contributed by atoms with Gasteiger partial charge >= 0.3 is 0 Å². The molecule has 20 heavy (non-hydrogen) atoms. The molecular formula is C17H23NO2. The summed E-state index contributed by atoms with van der Waals surface area (Å²) in [5.74, 6) is 0.138. The van der Waals surface area contributed by atoms with E-state index in [9.17, 15) is 4.79 Å². The van der Waals surface area contributed by atoms with Crippen LogP contribution in [0, 0.1) is 0 Å². The second-order valence-electron chi connectivity index (χ2n) is 5.71. The number of allylic oxidation sites excluding steroid dienone is 2. The molecule has 3 nitrogen and oxygen atoms in total. The van der Waals surface area contributed by atoms with Gasteiger partial charge in [-0.25, -0.2) is 0 Å². The van der Waals surface area contributed by atoms with Gasteiger partial charge in [0.2, 0.25) is 5.91 Å². The lowest BCUT2D eigenvalue weighted by molar-refractivity contribution is -0.120. The SMILES string of the molecule is CCC(=O)NCCC1=CCC2=C1C1=CCCOC1CC2. The maximum atomic E-state index is 11.3. The van der Waals surface area contributed by atoms with Crippen LogP contribution < -0.4 is 5.32 Å². The van der Waals surface area contributed by atoms with E-state index < -0.39 is 0 Å². The number of carbonyl (C=O) groups is 1. The molecule has 1 aliphatic heterocycles. The summed E-state index contributed by atoms with van der Waals surface area (Å²) in [6.45, 7) is 3.50. The highest BCUT2D eigenvalue weighted by atomic mass is 16.5. The normalized spacial score (nSPS) is 24.8. The van der Waals surface area contributed by atoms with Gasteiger partial charge in [0, 0.05) is 13.0 Å². The van der Waals surface area contributed by atoms with E-state index in [1.807, 2.05) is 6.92 Å². The molecule has 1 unspecified atom stereocenters. The van der Waals surface area contributed by atoms with Gasteiger partial charge in [0.15, 0.2) is 0 Å². The minimum absolute atomic E-state index is 0.138. The third kappa shape index (κ3) is 2.59. The average molecular weight is 273 g/mol. The number of rotatable bonds is 4. The fourth-order valence-corrected chi connectivity index (χ4v) is 3.44. The Morgan fingerprint density at radius 1 is 1.45 bits per heavy atom. The van der Waals surface area contributed by atoms with Gasteiger partial charge in [-0.05, 0) is 48.8 Å². The van der Waals surface area contributed by atoms with Crippen molar-refractivity contribution in [2.24, 2.45) is 0 Å². The first kappa shape index (κ1) is 13.6. The first-order valence-electron chi connectivity index (χ1n) is 7.79. The predicted molar refractivity (Wildman–Crippen MR) is 79.3 cm³/mol. The maximum absolute atomic E-state index is 11.3. The van der Waals surface area contributed by atoms with Crippen molar-refractivity contribution in [3.05, 3.63) is 34.4 Å². The molecule has 1 heterocycles. The highest BCUT2D eigenvalue weighted by Crippen LogP contribution is 2.43. The predicted octanol–water partition coefficient (Wildman–Crippen LogP) is 3.04. The zero-order valence-corrected chi connectivity index (χ0v) is 12.2. The van der Waals surface area contributed by atoms with E-state index in [0.717, 1.165) is 38.8 Å². The summed E-state index contributed by atoms with van der Waals surface area (Å²) >= 11 is 0. The van der Waals surface area contributed by atoms with E-state index >= 15 is 0 Å². The van der Waals surface area contributed by atoms with Crippen molar-refractivity contribution in [2.75, 3.05) is 13.2 Å². The number of fused-ring (bicyclic) bond motifs is 2. The van der Waals surface area contributed by atoms with E-state index in [4.69, 9.17) is 4.74 Å². The van der Waals surface area contributed by atoms with Crippen molar-refractivity contribution >= 4 is 5.91 Å². The Labute approximate surface area is 120 Å². The molecular weight excluding hydrogens is 250 g/mol. The van der Waals surface area contributed by atoms with Crippen LogP contribution in [0.2, 0.25) is 0 Å². The van der Waals surface area contributed by atoms with Gasteiger partial charge in [-0.1, -0.05) is 24.6 Å². The largest absolute Gasteiger partial charge is 0.373 e. The second kappa shape index (κ2) is 5.96. The van der Waals surface area contributed by atoms with Crippen LogP contribution in [0.15, 0.2) is 34.4 Å². The van der Waals surface area contributed by atoms with Crippen molar-refractivity contribution in [3.8, 4) is 0 Å². The van der Waals surface area contributed by atoms with Gasteiger partial charge in [0.05, 0.1) is 12.7 Å². The lowest BCUT2D eigenvalue weighted by Gasteiger charge is -2.32. The van der Waals surface area contributed by atoms with E-state index in [2.05, 4.69) is 17.5 Å². The fraction of sp³-hybridized carbons (Fsp3) is 0.588. The van der Waals surface area contributed by atoms with Crippen molar-refractivity contribution in [1.29, 1.82) is 0 Å². The molecule has 0 saturated carbocycles. The summed E-state index contributed by atoms with van der Waals surface area (Å²) < 4.78 is 5.90. The van der Waals surface area contributed by atoms with E-state index in [1.54, 1.807) is 5.57 Å². The van der Waals surface area contributed by atoms with E-state index in [-0.39, 0.29) is 5.91 Å². The van der Waals surface area contributed by atoms with Crippen LogP contribution in [0.25, 0.3) is 0 Å². The van der Waals surface area contributed by atoms with Gasteiger partial charge < -0.3 is 10.1 Å². The topological polar surface area (TPSA) is 38.3 Å². The molecule has 3 aliphatic rings. The summed E-state index contributed by atoms with van der Waals surface area (Å²) in [5.41, 5.74) is 5.88. The zero-order chi connectivity index (χ0) is 13.9. The Bertz CT molecular complexity index is 499. The Kier molecular flexibility index (Phi) is 4.06. The van der Waals surface area contributed by atoms with Gasteiger partial charge in [0.1, 0.15) is 0 Å². The number of ether oxygens (including phenoxy) is 1. The third-order valence-electron chi connectivity index (χ3n) is 4.45. The Balaban J connectivity index is 1.69. The number of hydrogen-bond donors (Lipinski definition) is 1. The number of amides is 1. The molecule has 0 saturated heterocycles. The Hall–Kier alpha value is -1.35. The van der Waals surface area contributed by atoms with Crippen LogP contribution in [-0.2, 0) is 9.53 Å². The van der Waals surface area contributed by atoms with Crippen molar-refractivity contribution in [2.45, 2.75) is 51.6 Å². The van der Waals surface area contributed by atoms with Crippen molar-refractivity contribution in [3.63, 3.8) is 0 Å². The monoisotopic (exact) mass is 273 g/mol. The first-order valence-corrected chi connectivity index (χ1v) is 7.79. The standard InChI is InChI=1S/C17H23NO2/c1-2-16(19)18-10-9-13-6-5-12-7-8-15-14(17(12)13)4-3-11-20-15/h4,6,15H,2-3,5,7-11H2,1H3,(H,18,19). The third-order valence-corrected chi connectivity index (χ3v) is 4.45. The molecule has 3 rings (SSSR count). The fourth-order valence-electron chi connectivity index (χ4n) is 3.44. The zero-order valence-electron chi connectivity index (χ0n) is 12.2. The molecule has 0 spiro atoms. The molecule has 0 bridgehead atoms. The van der Waals surface area contributed by atoms with Gasteiger partial charge in [-0.2, -0.15) is 0 Å². The van der Waals surface area contributed by atoms with Crippen LogP contribution in [0.1, 0.15) is 45.4 Å². The summed E-state index contributed by atoms with van der Waals surface area (Å²) in [6.07, 6.45) is 11.0. The van der Waals surface area contributed by atoms with Crippen LogP contribution in [0.3, 0.4) is 0 Å². The van der Waals surface area contributed by atoms with Crippen LogP contribution in [0.4, 0.5) is 0 Å².